The fraction of sp³-hybridized carbons (Fsp3) is 0.0952. The van der Waals surface area contributed by atoms with Crippen molar-refractivity contribution in [2.75, 3.05) is 0 Å². The van der Waals surface area contributed by atoms with E-state index in [2.05, 4.69) is 15.9 Å². The number of carbonyl (C=O) groups excluding carboxylic acids is 1. The summed E-state index contributed by atoms with van der Waals surface area (Å²) in [5.74, 6) is -0.174. The molecule has 1 aliphatic rings. The zero-order valence-electron chi connectivity index (χ0n) is 14.5. The van der Waals surface area contributed by atoms with Crippen LogP contribution in [0, 0.1) is 10.1 Å². The Hall–Kier alpha value is -2.70. The number of halogens is 2. The van der Waals surface area contributed by atoms with Crippen molar-refractivity contribution in [1.29, 1.82) is 0 Å². The molecule has 0 aromatic heterocycles. The first-order valence-corrected chi connectivity index (χ1v) is 9.68. The summed E-state index contributed by atoms with van der Waals surface area (Å²) in [6.07, 6.45) is 0. The molecular weight excluding hydrogens is 444 g/mol. The number of carbonyl (C=O) groups is 1. The molecule has 28 heavy (non-hydrogen) atoms. The number of rotatable bonds is 4. The SMILES string of the molecule is O=C1c2ccccc2C(Cl)(c2ccc(Br)cc2)N1Cc1ccc([N+](=O)[O-])cc1. The summed E-state index contributed by atoms with van der Waals surface area (Å²) in [5.41, 5.74) is 2.82. The monoisotopic (exact) mass is 456 g/mol. The summed E-state index contributed by atoms with van der Waals surface area (Å²) >= 11 is 10.6. The van der Waals surface area contributed by atoms with Crippen LogP contribution in [-0.4, -0.2) is 15.7 Å². The largest absolute Gasteiger partial charge is 0.307 e. The molecule has 0 spiro atoms. The Bertz CT molecular complexity index is 1070. The van der Waals surface area contributed by atoms with Crippen molar-refractivity contribution in [3.63, 3.8) is 0 Å². The molecule has 0 saturated heterocycles. The predicted molar refractivity (Wildman–Crippen MR) is 110 cm³/mol. The van der Waals surface area contributed by atoms with Crippen molar-refractivity contribution in [2.24, 2.45) is 0 Å². The average Bonchev–Trinajstić information content (AvgIpc) is 2.92. The first-order valence-electron chi connectivity index (χ1n) is 8.51. The van der Waals surface area contributed by atoms with Crippen LogP contribution in [0.3, 0.4) is 0 Å². The van der Waals surface area contributed by atoms with Gasteiger partial charge in [-0.25, -0.2) is 0 Å². The molecule has 0 radical (unpaired) electrons. The summed E-state index contributed by atoms with van der Waals surface area (Å²) in [6.45, 7) is 0.227. The highest BCUT2D eigenvalue weighted by Crippen LogP contribution is 2.48. The molecule has 5 nitrogen and oxygen atoms in total. The molecule has 1 amide bonds. The molecular formula is C21H14BrClN2O3. The van der Waals surface area contributed by atoms with Crippen LogP contribution in [-0.2, 0) is 11.5 Å². The van der Waals surface area contributed by atoms with Gasteiger partial charge in [-0.1, -0.05) is 70.0 Å². The van der Waals surface area contributed by atoms with Crippen molar-refractivity contribution in [1.82, 2.24) is 4.90 Å². The highest BCUT2D eigenvalue weighted by atomic mass is 79.9. The Labute approximate surface area is 174 Å². The lowest BCUT2D eigenvalue weighted by atomic mass is 9.97. The van der Waals surface area contributed by atoms with Crippen LogP contribution in [0.5, 0.6) is 0 Å². The molecule has 140 valence electrons. The maximum Gasteiger partial charge on any atom is 0.269 e. The zero-order valence-corrected chi connectivity index (χ0v) is 16.9. The molecule has 1 aliphatic heterocycles. The van der Waals surface area contributed by atoms with Crippen molar-refractivity contribution in [2.45, 2.75) is 11.5 Å². The molecule has 0 saturated carbocycles. The van der Waals surface area contributed by atoms with E-state index in [1.807, 2.05) is 42.5 Å². The van der Waals surface area contributed by atoms with Gasteiger partial charge in [-0.2, -0.15) is 0 Å². The minimum atomic E-state index is -1.16. The van der Waals surface area contributed by atoms with Gasteiger partial charge in [0, 0.05) is 34.3 Å². The normalized spacial score (nSPS) is 18.2. The van der Waals surface area contributed by atoms with Gasteiger partial charge in [-0.3, -0.25) is 14.9 Å². The Balaban J connectivity index is 1.79. The number of hydrogen-bond acceptors (Lipinski definition) is 3. The molecule has 3 aromatic carbocycles. The molecule has 0 fully saturated rings. The lowest BCUT2D eigenvalue weighted by Gasteiger charge is -2.34. The zero-order chi connectivity index (χ0) is 19.9. The number of benzene rings is 3. The number of non-ortho nitro benzene ring substituents is 1. The minimum absolute atomic E-state index is 0.00447. The lowest BCUT2D eigenvalue weighted by molar-refractivity contribution is -0.384. The van der Waals surface area contributed by atoms with Crippen LogP contribution >= 0.6 is 27.5 Å². The third kappa shape index (κ3) is 2.99. The number of hydrogen-bond donors (Lipinski definition) is 0. The van der Waals surface area contributed by atoms with E-state index in [-0.39, 0.29) is 18.1 Å². The van der Waals surface area contributed by atoms with Crippen molar-refractivity contribution in [3.05, 3.63) is 110 Å². The van der Waals surface area contributed by atoms with E-state index >= 15 is 0 Å². The number of alkyl halides is 1. The standard InChI is InChI=1S/C21H14BrClN2O3/c22-16-9-7-15(8-10-16)21(23)19-4-2-1-3-18(19)20(26)24(21)13-14-5-11-17(12-6-14)25(27)28/h1-12H,13H2. The Kier molecular flexibility index (Phi) is 4.69. The van der Waals surface area contributed by atoms with Crippen molar-refractivity contribution < 1.29 is 9.72 Å². The smallest absolute Gasteiger partial charge is 0.269 e. The number of fused-ring (bicyclic) bond motifs is 1. The van der Waals surface area contributed by atoms with Crippen LogP contribution in [0.15, 0.2) is 77.3 Å². The molecule has 0 aliphatic carbocycles. The van der Waals surface area contributed by atoms with E-state index in [0.29, 0.717) is 5.56 Å². The van der Waals surface area contributed by atoms with Crippen LogP contribution in [0.1, 0.15) is 27.0 Å². The maximum atomic E-state index is 13.2. The number of nitrogens with zero attached hydrogens (tertiary/aromatic N) is 2. The highest BCUT2D eigenvalue weighted by Gasteiger charge is 2.49. The van der Waals surface area contributed by atoms with Crippen molar-refractivity contribution in [3.8, 4) is 0 Å². The summed E-state index contributed by atoms with van der Waals surface area (Å²) in [7, 11) is 0. The lowest BCUT2D eigenvalue weighted by Crippen LogP contribution is -2.39. The van der Waals surface area contributed by atoms with Crippen LogP contribution in [0.25, 0.3) is 0 Å². The van der Waals surface area contributed by atoms with Gasteiger partial charge in [-0.15, -0.1) is 0 Å². The maximum absolute atomic E-state index is 13.2. The molecule has 3 aromatic rings. The Morgan fingerprint density at radius 1 is 1.00 bits per heavy atom. The van der Waals surface area contributed by atoms with Gasteiger partial charge < -0.3 is 4.90 Å². The second kappa shape index (κ2) is 7.04. The number of nitro groups is 1. The van der Waals surface area contributed by atoms with E-state index < -0.39 is 9.92 Å². The van der Waals surface area contributed by atoms with Gasteiger partial charge >= 0.3 is 0 Å². The van der Waals surface area contributed by atoms with Gasteiger partial charge in [0.1, 0.15) is 0 Å². The van der Waals surface area contributed by atoms with Gasteiger partial charge in [0.05, 0.1) is 4.92 Å². The van der Waals surface area contributed by atoms with Gasteiger partial charge in [0.2, 0.25) is 0 Å². The molecule has 4 rings (SSSR count). The fourth-order valence-electron chi connectivity index (χ4n) is 3.46. The third-order valence-electron chi connectivity index (χ3n) is 4.85. The van der Waals surface area contributed by atoms with Crippen LogP contribution < -0.4 is 0 Å². The van der Waals surface area contributed by atoms with Gasteiger partial charge in [0.25, 0.3) is 11.6 Å². The van der Waals surface area contributed by atoms with E-state index in [4.69, 9.17) is 11.6 Å². The molecule has 1 unspecified atom stereocenters. The second-order valence-electron chi connectivity index (χ2n) is 6.49. The second-order valence-corrected chi connectivity index (χ2v) is 7.95. The highest BCUT2D eigenvalue weighted by molar-refractivity contribution is 9.10. The molecule has 0 N–H and O–H groups in total. The predicted octanol–water partition coefficient (Wildman–Crippen LogP) is 5.45. The van der Waals surface area contributed by atoms with Crippen LogP contribution in [0.2, 0.25) is 0 Å². The topological polar surface area (TPSA) is 63.5 Å². The number of nitro benzene ring substituents is 1. The Morgan fingerprint density at radius 3 is 2.29 bits per heavy atom. The average molecular weight is 458 g/mol. The summed E-state index contributed by atoms with van der Waals surface area (Å²) in [5, 5.41) is 10.9. The van der Waals surface area contributed by atoms with E-state index in [1.54, 1.807) is 23.1 Å². The molecule has 7 heteroatoms. The molecule has 0 bridgehead atoms. The quantitative estimate of drug-likeness (QED) is 0.226. The Morgan fingerprint density at radius 2 is 1.64 bits per heavy atom. The van der Waals surface area contributed by atoms with Crippen LogP contribution in [0.4, 0.5) is 5.69 Å². The fourth-order valence-corrected chi connectivity index (χ4v) is 4.15. The first kappa shape index (κ1) is 18.7. The van der Waals surface area contributed by atoms with Gasteiger partial charge in [-0.05, 0) is 29.3 Å². The summed E-state index contributed by atoms with van der Waals surface area (Å²) in [6, 6.07) is 21.0. The van der Waals surface area contributed by atoms with Gasteiger partial charge in [0.15, 0.2) is 5.00 Å². The molecule has 1 atom stereocenters. The van der Waals surface area contributed by atoms with E-state index in [0.717, 1.165) is 21.2 Å². The molecule has 1 heterocycles. The minimum Gasteiger partial charge on any atom is -0.307 e. The first-order chi connectivity index (χ1) is 13.4. The summed E-state index contributed by atoms with van der Waals surface area (Å²) < 4.78 is 0.913. The van der Waals surface area contributed by atoms with E-state index in [1.165, 1.54) is 12.1 Å². The third-order valence-corrected chi connectivity index (χ3v) is 6.00. The number of amides is 1. The van der Waals surface area contributed by atoms with Crippen molar-refractivity contribution >= 4 is 39.1 Å². The van der Waals surface area contributed by atoms with E-state index in [9.17, 15) is 14.9 Å². The summed E-state index contributed by atoms with van der Waals surface area (Å²) in [4.78, 5) is 24.0.